The molecule has 0 aromatic heterocycles. The minimum absolute atomic E-state index is 0.0498. The molecule has 9 heteroatoms. The van der Waals surface area contributed by atoms with Crippen LogP contribution in [0, 0.1) is 17.8 Å². The van der Waals surface area contributed by atoms with Crippen molar-refractivity contribution >= 4 is 35.0 Å². The Labute approximate surface area is 199 Å². The van der Waals surface area contributed by atoms with Gasteiger partial charge in [-0.2, -0.15) is 0 Å². The number of anilines is 1. The van der Waals surface area contributed by atoms with Crippen LogP contribution in [0.2, 0.25) is 5.02 Å². The molecule has 1 aromatic carbocycles. The highest BCUT2D eigenvalue weighted by Crippen LogP contribution is 2.63. The predicted molar refractivity (Wildman–Crippen MR) is 124 cm³/mol. The lowest BCUT2D eigenvalue weighted by Gasteiger charge is -2.39. The van der Waals surface area contributed by atoms with Crippen molar-refractivity contribution in [3.05, 3.63) is 29.3 Å². The number of rotatable bonds is 7. The van der Waals surface area contributed by atoms with E-state index in [1.807, 2.05) is 20.8 Å². The van der Waals surface area contributed by atoms with Crippen LogP contribution in [0.4, 0.5) is 5.69 Å². The second kappa shape index (κ2) is 8.56. The molecule has 1 spiro atoms. The molecular formula is C24H32ClN3O5. The summed E-state index contributed by atoms with van der Waals surface area (Å²) in [5.41, 5.74) is -1.40. The molecule has 3 fully saturated rings. The van der Waals surface area contributed by atoms with Crippen molar-refractivity contribution in [3.8, 4) is 0 Å². The van der Waals surface area contributed by atoms with Gasteiger partial charge in [-0.15, -0.1) is 0 Å². The van der Waals surface area contributed by atoms with Crippen LogP contribution < -0.4 is 10.6 Å². The van der Waals surface area contributed by atoms with Gasteiger partial charge in [0.1, 0.15) is 11.6 Å². The average Bonchev–Trinajstić information content (AvgIpc) is 3.36. The lowest BCUT2D eigenvalue weighted by Crippen LogP contribution is -2.57. The zero-order chi connectivity index (χ0) is 24.1. The molecular weight excluding hydrogens is 446 g/mol. The Morgan fingerprint density at radius 2 is 1.94 bits per heavy atom. The standard InChI is InChI=1S/C24H32ClN3O5/c1-5-13(2)16(12-29)28-19(21(31)27-15-8-6-14(25)7-9-15)24-11-10-23(3,33-24)17(20(30)26-4)18(24)22(28)32/h6-9,13,16-19,29H,5,10-12H2,1-4H3,(H,26,30)(H,27,31)/t13-,16-,17-,18-,19?,23+,24?/m0/s1. The van der Waals surface area contributed by atoms with E-state index in [0.717, 1.165) is 6.42 Å². The number of likely N-dealkylation sites (tertiary alicyclic amines) is 1. The first kappa shape index (κ1) is 24.0. The predicted octanol–water partition coefficient (Wildman–Crippen LogP) is 2.20. The summed E-state index contributed by atoms with van der Waals surface area (Å²) in [6.07, 6.45) is 1.78. The van der Waals surface area contributed by atoms with Gasteiger partial charge in [0.25, 0.3) is 0 Å². The lowest BCUT2D eigenvalue weighted by molar-refractivity contribution is -0.149. The van der Waals surface area contributed by atoms with E-state index < -0.39 is 41.0 Å². The topological polar surface area (TPSA) is 108 Å². The summed E-state index contributed by atoms with van der Waals surface area (Å²) in [4.78, 5) is 42.1. The number of aliphatic hydroxyl groups excluding tert-OH is 1. The van der Waals surface area contributed by atoms with E-state index in [2.05, 4.69) is 10.6 Å². The molecule has 3 N–H and O–H groups in total. The molecule has 1 aromatic rings. The summed E-state index contributed by atoms with van der Waals surface area (Å²) in [7, 11) is 1.54. The number of hydrogen-bond acceptors (Lipinski definition) is 5. The fraction of sp³-hybridized carbons (Fsp3) is 0.625. The summed E-state index contributed by atoms with van der Waals surface area (Å²) in [6.45, 7) is 5.50. The van der Waals surface area contributed by atoms with E-state index in [-0.39, 0.29) is 24.3 Å². The molecule has 7 atom stereocenters. The van der Waals surface area contributed by atoms with Crippen molar-refractivity contribution in [2.24, 2.45) is 17.8 Å². The van der Waals surface area contributed by atoms with Gasteiger partial charge in [-0.25, -0.2) is 0 Å². The second-order valence-electron chi connectivity index (χ2n) is 9.72. The number of nitrogens with one attached hydrogen (secondary N) is 2. The summed E-state index contributed by atoms with van der Waals surface area (Å²) >= 11 is 5.98. The highest BCUT2D eigenvalue weighted by molar-refractivity contribution is 6.30. The number of ether oxygens (including phenoxy) is 1. The van der Waals surface area contributed by atoms with Crippen LogP contribution >= 0.6 is 11.6 Å². The van der Waals surface area contributed by atoms with Gasteiger partial charge in [-0.3, -0.25) is 14.4 Å². The molecule has 3 aliphatic heterocycles. The van der Waals surface area contributed by atoms with Crippen LogP contribution in [0.1, 0.15) is 40.0 Å². The first-order valence-electron chi connectivity index (χ1n) is 11.5. The van der Waals surface area contributed by atoms with Gasteiger partial charge in [0.2, 0.25) is 17.7 Å². The molecule has 0 aliphatic carbocycles. The number of hydrogen-bond donors (Lipinski definition) is 3. The van der Waals surface area contributed by atoms with Crippen molar-refractivity contribution in [1.29, 1.82) is 0 Å². The third-order valence-corrected chi connectivity index (χ3v) is 8.20. The Morgan fingerprint density at radius 1 is 1.27 bits per heavy atom. The molecule has 0 saturated carbocycles. The maximum absolute atomic E-state index is 13.9. The third kappa shape index (κ3) is 3.54. The van der Waals surface area contributed by atoms with Crippen LogP contribution in [-0.4, -0.2) is 64.7 Å². The minimum atomic E-state index is -1.12. The molecule has 0 radical (unpaired) electrons. The normalized spacial score (nSPS) is 34.2. The summed E-state index contributed by atoms with van der Waals surface area (Å²) in [6, 6.07) is 5.20. The molecule has 3 aliphatic rings. The average molecular weight is 478 g/mol. The van der Waals surface area contributed by atoms with Crippen molar-refractivity contribution in [3.63, 3.8) is 0 Å². The number of benzene rings is 1. The highest BCUT2D eigenvalue weighted by Gasteiger charge is 2.78. The monoisotopic (exact) mass is 477 g/mol. The van der Waals surface area contributed by atoms with Crippen LogP contribution in [-0.2, 0) is 19.1 Å². The zero-order valence-corrected chi connectivity index (χ0v) is 20.2. The number of halogens is 1. The molecule has 2 bridgehead atoms. The molecule has 3 amide bonds. The fourth-order valence-electron chi connectivity index (χ4n) is 6.14. The van der Waals surface area contributed by atoms with Crippen molar-refractivity contribution in [2.75, 3.05) is 19.0 Å². The lowest BCUT2D eigenvalue weighted by atomic mass is 9.66. The molecule has 3 heterocycles. The Kier molecular flexibility index (Phi) is 6.22. The summed E-state index contributed by atoms with van der Waals surface area (Å²) in [5, 5.41) is 16.4. The third-order valence-electron chi connectivity index (χ3n) is 7.95. The summed E-state index contributed by atoms with van der Waals surface area (Å²) in [5.74, 6) is -2.49. The SMILES string of the molecule is CC[C@H](C)[C@H](CO)N1C(=O)[C@@H]2[C@@H](C(=O)NC)[C@@]3(C)CCC2(O3)C1C(=O)Nc1ccc(Cl)cc1. The van der Waals surface area contributed by atoms with Crippen molar-refractivity contribution in [2.45, 2.75) is 63.3 Å². The largest absolute Gasteiger partial charge is 0.394 e. The highest BCUT2D eigenvalue weighted by atomic mass is 35.5. The molecule has 4 rings (SSSR count). The number of amides is 3. The van der Waals surface area contributed by atoms with Gasteiger partial charge in [-0.05, 0) is 49.9 Å². The Hall–Kier alpha value is -2.16. The molecule has 33 heavy (non-hydrogen) atoms. The van der Waals surface area contributed by atoms with E-state index in [4.69, 9.17) is 16.3 Å². The maximum atomic E-state index is 13.9. The first-order valence-corrected chi connectivity index (χ1v) is 11.9. The maximum Gasteiger partial charge on any atom is 0.250 e. The van der Waals surface area contributed by atoms with E-state index in [9.17, 15) is 19.5 Å². The Bertz CT molecular complexity index is 956. The zero-order valence-electron chi connectivity index (χ0n) is 19.4. The molecule has 3 saturated heterocycles. The fourth-order valence-corrected chi connectivity index (χ4v) is 6.26. The number of aliphatic hydroxyl groups is 1. The van der Waals surface area contributed by atoms with Gasteiger partial charge in [0.05, 0.1) is 30.1 Å². The van der Waals surface area contributed by atoms with Gasteiger partial charge in [0.15, 0.2) is 0 Å². The van der Waals surface area contributed by atoms with Crippen LogP contribution in [0.3, 0.4) is 0 Å². The molecule has 2 unspecified atom stereocenters. The quantitative estimate of drug-likeness (QED) is 0.558. The molecule has 8 nitrogen and oxygen atoms in total. The number of fused-ring (bicyclic) bond motifs is 1. The number of carbonyl (C=O) groups excluding carboxylic acids is 3. The van der Waals surface area contributed by atoms with E-state index in [1.54, 1.807) is 31.3 Å². The van der Waals surface area contributed by atoms with Gasteiger partial charge < -0.3 is 25.4 Å². The van der Waals surface area contributed by atoms with Gasteiger partial charge in [-0.1, -0.05) is 31.9 Å². The van der Waals surface area contributed by atoms with E-state index in [0.29, 0.717) is 23.6 Å². The number of carbonyl (C=O) groups is 3. The molecule has 180 valence electrons. The summed E-state index contributed by atoms with van der Waals surface area (Å²) < 4.78 is 6.52. The number of nitrogens with zero attached hydrogens (tertiary/aromatic N) is 1. The van der Waals surface area contributed by atoms with Gasteiger partial charge in [0, 0.05) is 17.8 Å². The van der Waals surface area contributed by atoms with E-state index >= 15 is 0 Å². The van der Waals surface area contributed by atoms with E-state index in [1.165, 1.54) is 4.90 Å². The van der Waals surface area contributed by atoms with Crippen molar-refractivity contribution in [1.82, 2.24) is 10.2 Å². The smallest absolute Gasteiger partial charge is 0.250 e. The minimum Gasteiger partial charge on any atom is -0.394 e. The Balaban J connectivity index is 1.79. The van der Waals surface area contributed by atoms with Crippen molar-refractivity contribution < 1.29 is 24.2 Å². The second-order valence-corrected chi connectivity index (χ2v) is 10.2. The first-order chi connectivity index (χ1) is 15.6. The van der Waals surface area contributed by atoms with Gasteiger partial charge >= 0.3 is 0 Å². The van der Waals surface area contributed by atoms with Crippen LogP contribution in [0.25, 0.3) is 0 Å². The van der Waals surface area contributed by atoms with Crippen LogP contribution in [0.15, 0.2) is 24.3 Å². The van der Waals surface area contributed by atoms with Crippen LogP contribution in [0.5, 0.6) is 0 Å². The Morgan fingerprint density at radius 3 is 2.52 bits per heavy atom.